The molecule has 0 aromatic carbocycles. The fourth-order valence-corrected chi connectivity index (χ4v) is 2.90. The number of rotatable bonds is 18. The maximum Gasteiger partial charge on any atom is 0.326 e. The van der Waals surface area contributed by atoms with Gasteiger partial charge in [0.25, 0.3) is 0 Å². The fourth-order valence-electron chi connectivity index (χ4n) is 2.73. The van der Waals surface area contributed by atoms with Crippen molar-refractivity contribution in [1.82, 2.24) is 16.0 Å². The SMILES string of the molecule is NCCCCC(NC(=O)C(CCC(=O)O)NC(=O)C(CCC(=O)O)NC(=O)C(N)CS)C(=O)O. The lowest BCUT2D eigenvalue weighted by molar-refractivity contribution is -0.143. The van der Waals surface area contributed by atoms with Crippen LogP contribution >= 0.6 is 12.6 Å². The highest BCUT2D eigenvalue weighted by Crippen LogP contribution is 2.06. The van der Waals surface area contributed by atoms with Gasteiger partial charge in [0.1, 0.15) is 18.1 Å². The standard InChI is InChI=1S/C19H33N5O9S/c20-8-2-1-3-13(19(32)33)24-18(31)12(5-7-15(27)28)23-17(30)11(4-6-14(25)26)22-16(29)10(21)9-34/h10-13,34H,1-9,20-21H2,(H,22,29)(H,23,30)(H,24,31)(H,25,26)(H,27,28)(H,32,33). The molecule has 14 nitrogen and oxygen atoms in total. The van der Waals surface area contributed by atoms with Gasteiger partial charge in [0.05, 0.1) is 6.04 Å². The van der Waals surface area contributed by atoms with Crippen LogP contribution in [-0.2, 0) is 28.8 Å². The van der Waals surface area contributed by atoms with Gasteiger partial charge in [-0.05, 0) is 38.6 Å². The second kappa shape index (κ2) is 16.7. The summed E-state index contributed by atoms with van der Waals surface area (Å²) >= 11 is 3.88. The van der Waals surface area contributed by atoms with Gasteiger partial charge < -0.3 is 42.7 Å². The first-order valence-electron chi connectivity index (χ1n) is 10.6. The van der Waals surface area contributed by atoms with Crippen LogP contribution in [-0.4, -0.2) is 87.4 Å². The number of thiol groups is 1. The van der Waals surface area contributed by atoms with Gasteiger partial charge in [0.2, 0.25) is 17.7 Å². The predicted molar refractivity (Wildman–Crippen MR) is 122 cm³/mol. The molecule has 0 aliphatic rings. The number of nitrogens with one attached hydrogen (secondary N) is 3. The van der Waals surface area contributed by atoms with Crippen LogP contribution < -0.4 is 27.4 Å². The zero-order valence-electron chi connectivity index (χ0n) is 18.6. The van der Waals surface area contributed by atoms with Crippen molar-refractivity contribution >= 4 is 48.3 Å². The Morgan fingerprint density at radius 2 is 1.15 bits per heavy atom. The number of hydrogen-bond acceptors (Lipinski definition) is 9. The molecule has 194 valence electrons. The number of unbranched alkanes of at least 4 members (excludes halogenated alkanes) is 1. The number of carbonyl (C=O) groups is 6. The van der Waals surface area contributed by atoms with Crippen molar-refractivity contribution in [3.05, 3.63) is 0 Å². The average Bonchev–Trinajstić information content (AvgIpc) is 2.77. The Kier molecular flexibility index (Phi) is 15.2. The van der Waals surface area contributed by atoms with E-state index in [1.54, 1.807) is 0 Å². The summed E-state index contributed by atoms with van der Waals surface area (Å²) in [6.45, 7) is 0.331. The normalized spacial score (nSPS) is 14.2. The third kappa shape index (κ3) is 13.0. The Morgan fingerprint density at radius 3 is 1.53 bits per heavy atom. The lowest BCUT2D eigenvalue weighted by Crippen LogP contribution is -2.57. The molecule has 0 saturated heterocycles. The van der Waals surface area contributed by atoms with Gasteiger partial charge in [-0.3, -0.25) is 24.0 Å². The van der Waals surface area contributed by atoms with E-state index in [0.717, 1.165) is 0 Å². The lowest BCUT2D eigenvalue weighted by atomic mass is 10.1. The highest BCUT2D eigenvalue weighted by molar-refractivity contribution is 7.80. The third-order valence-electron chi connectivity index (χ3n) is 4.65. The number of nitrogens with two attached hydrogens (primary N) is 2. The largest absolute Gasteiger partial charge is 0.481 e. The van der Waals surface area contributed by atoms with Crippen LogP contribution in [0.2, 0.25) is 0 Å². The second-order valence-electron chi connectivity index (χ2n) is 7.46. The Hall–Kier alpha value is -2.91. The molecule has 0 aliphatic carbocycles. The van der Waals surface area contributed by atoms with Crippen molar-refractivity contribution in [2.24, 2.45) is 11.5 Å². The van der Waals surface area contributed by atoms with Crippen LogP contribution in [0.25, 0.3) is 0 Å². The summed E-state index contributed by atoms with van der Waals surface area (Å²) < 4.78 is 0. The van der Waals surface area contributed by atoms with Crippen LogP contribution in [0.4, 0.5) is 0 Å². The molecule has 34 heavy (non-hydrogen) atoms. The summed E-state index contributed by atoms with van der Waals surface area (Å²) in [5.41, 5.74) is 10.9. The van der Waals surface area contributed by atoms with E-state index in [4.69, 9.17) is 21.7 Å². The number of carboxylic acid groups (broad SMARTS) is 3. The molecule has 3 amide bonds. The molecule has 0 radical (unpaired) electrons. The van der Waals surface area contributed by atoms with E-state index in [0.29, 0.717) is 19.4 Å². The van der Waals surface area contributed by atoms with E-state index in [2.05, 4.69) is 28.6 Å². The van der Waals surface area contributed by atoms with E-state index in [1.165, 1.54) is 0 Å². The van der Waals surface area contributed by atoms with E-state index in [1.807, 2.05) is 0 Å². The van der Waals surface area contributed by atoms with Crippen molar-refractivity contribution in [3.8, 4) is 0 Å². The molecule has 0 heterocycles. The molecule has 0 aliphatic heterocycles. The van der Waals surface area contributed by atoms with Crippen molar-refractivity contribution < 1.29 is 44.1 Å². The molecule has 0 fully saturated rings. The number of carboxylic acids is 3. The number of carbonyl (C=O) groups excluding carboxylic acids is 3. The molecule has 0 saturated carbocycles. The van der Waals surface area contributed by atoms with Crippen LogP contribution in [0, 0.1) is 0 Å². The van der Waals surface area contributed by atoms with Gasteiger partial charge in [-0.2, -0.15) is 12.6 Å². The molecular formula is C19H33N5O9S. The highest BCUT2D eigenvalue weighted by Gasteiger charge is 2.30. The first-order chi connectivity index (χ1) is 15.9. The zero-order valence-corrected chi connectivity index (χ0v) is 19.5. The van der Waals surface area contributed by atoms with E-state index in [9.17, 15) is 33.9 Å². The summed E-state index contributed by atoms with van der Waals surface area (Å²) in [7, 11) is 0. The quantitative estimate of drug-likeness (QED) is 0.0700. The predicted octanol–water partition coefficient (Wildman–Crippen LogP) is -2.36. The highest BCUT2D eigenvalue weighted by atomic mass is 32.1. The number of amides is 3. The molecule has 0 rings (SSSR count). The van der Waals surface area contributed by atoms with E-state index in [-0.39, 0.29) is 25.0 Å². The van der Waals surface area contributed by atoms with Crippen LogP contribution in [0.15, 0.2) is 0 Å². The maximum absolute atomic E-state index is 12.8. The molecule has 10 N–H and O–H groups in total. The van der Waals surface area contributed by atoms with Crippen molar-refractivity contribution in [1.29, 1.82) is 0 Å². The smallest absolute Gasteiger partial charge is 0.326 e. The molecule has 4 unspecified atom stereocenters. The van der Waals surface area contributed by atoms with Crippen LogP contribution in [0.5, 0.6) is 0 Å². The number of hydrogen-bond donors (Lipinski definition) is 9. The Balaban J connectivity index is 5.53. The van der Waals surface area contributed by atoms with Gasteiger partial charge in [-0.1, -0.05) is 0 Å². The van der Waals surface area contributed by atoms with Crippen LogP contribution in [0.1, 0.15) is 44.9 Å². The molecule has 4 atom stereocenters. The summed E-state index contributed by atoms with van der Waals surface area (Å²) in [6.07, 6.45) is -0.736. The van der Waals surface area contributed by atoms with Crippen molar-refractivity contribution in [2.45, 2.75) is 69.1 Å². The maximum atomic E-state index is 12.8. The molecule has 0 bridgehead atoms. The van der Waals surface area contributed by atoms with E-state index < -0.39 is 72.6 Å². The topological polar surface area (TPSA) is 251 Å². The van der Waals surface area contributed by atoms with Gasteiger partial charge in [0.15, 0.2) is 0 Å². The first kappa shape index (κ1) is 31.1. The molecular weight excluding hydrogens is 474 g/mol. The monoisotopic (exact) mass is 507 g/mol. The summed E-state index contributed by atoms with van der Waals surface area (Å²) in [4.78, 5) is 70.9. The second-order valence-corrected chi connectivity index (χ2v) is 7.83. The first-order valence-corrected chi connectivity index (χ1v) is 11.2. The Morgan fingerprint density at radius 1 is 0.706 bits per heavy atom. The number of aliphatic carboxylic acids is 3. The average molecular weight is 508 g/mol. The minimum absolute atomic E-state index is 0.0521. The third-order valence-corrected chi connectivity index (χ3v) is 5.05. The zero-order chi connectivity index (χ0) is 26.3. The molecule has 0 spiro atoms. The minimum Gasteiger partial charge on any atom is -0.481 e. The summed E-state index contributed by atoms with van der Waals surface area (Å²) in [5.74, 6) is -6.55. The van der Waals surface area contributed by atoms with Gasteiger partial charge in [0, 0.05) is 18.6 Å². The van der Waals surface area contributed by atoms with Gasteiger partial charge >= 0.3 is 17.9 Å². The Bertz CT molecular complexity index is 737. The molecule has 0 aromatic rings. The van der Waals surface area contributed by atoms with Crippen molar-refractivity contribution in [2.75, 3.05) is 12.3 Å². The van der Waals surface area contributed by atoms with Crippen LogP contribution in [0.3, 0.4) is 0 Å². The van der Waals surface area contributed by atoms with Gasteiger partial charge in [-0.15, -0.1) is 0 Å². The fraction of sp³-hybridized carbons (Fsp3) is 0.684. The lowest BCUT2D eigenvalue weighted by Gasteiger charge is -2.24. The Labute approximate surface area is 201 Å². The molecule has 15 heteroatoms. The molecule has 0 aromatic heterocycles. The minimum atomic E-state index is -1.46. The van der Waals surface area contributed by atoms with Crippen molar-refractivity contribution in [3.63, 3.8) is 0 Å². The van der Waals surface area contributed by atoms with Gasteiger partial charge in [-0.25, -0.2) is 4.79 Å². The van der Waals surface area contributed by atoms with E-state index >= 15 is 0 Å². The summed E-state index contributed by atoms with van der Waals surface area (Å²) in [6, 6.07) is -5.23. The summed E-state index contributed by atoms with van der Waals surface area (Å²) in [5, 5.41) is 34.0.